The zero-order valence-electron chi connectivity index (χ0n) is 21.8. The first-order valence-corrected chi connectivity index (χ1v) is 13.6. The molecule has 3 aromatic heterocycles. The predicted molar refractivity (Wildman–Crippen MR) is 167 cm³/mol. The number of rotatable bonds is 2. The van der Waals surface area contributed by atoms with Crippen molar-refractivity contribution in [3.8, 4) is 16.8 Å². The first kappa shape index (κ1) is 22.1. The van der Waals surface area contributed by atoms with Gasteiger partial charge in [-0.05, 0) is 47.5 Å². The second kappa shape index (κ2) is 8.11. The minimum atomic E-state index is 0.503. The number of para-hydroxylation sites is 4. The molecule has 0 N–H and O–H groups in total. The van der Waals surface area contributed by atoms with Crippen LogP contribution in [-0.4, -0.2) is 4.57 Å². The zero-order chi connectivity index (χ0) is 27.1. The van der Waals surface area contributed by atoms with Gasteiger partial charge in [0, 0.05) is 32.3 Å². The lowest BCUT2D eigenvalue weighted by Crippen LogP contribution is -1.94. The molecule has 4 heteroatoms. The second-order valence-corrected chi connectivity index (χ2v) is 10.4. The van der Waals surface area contributed by atoms with E-state index in [-0.39, 0.29) is 0 Å². The van der Waals surface area contributed by atoms with Crippen LogP contribution in [0.4, 0.5) is 5.69 Å². The van der Waals surface area contributed by atoms with Crippen LogP contribution in [0, 0.1) is 6.57 Å². The van der Waals surface area contributed by atoms with Crippen molar-refractivity contribution in [2.45, 2.75) is 0 Å². The quantitative estimate of drug-likeness (QED) is 0.211. The van der Waals surface area contributed by atoms with E-state index in [1.54, 1.807) is 0 Å². The summed E-state index contributed by atoms with van der Waals surface area (Å²) in [7, 11) is 0. The van der Waals surface area contributed by atoms with Crippen molar-refractivity contribution in [1.82, 2.24) is 4.57 Å². The Morgan fingerprint density at radius 2 is 1.22 bits per heavy atom. The molecule has 4 nitrogen and oxygen atoms in total. The Morgan fingerprint density at radius 1 is 0.537 bits per heavy atom. The summed E-state index contributed by atoms with van der Waals surface area (Å²) in [6.45, 7) is 7.91. The average Bonchev–Trinajstić information content (AvgIpc) is 3.70. The van der Waals surface area contributed by atoms with Crippen LogP contribution < -0.4 is 0 Å². The van der Waals surface area contributed by atoms with Gasteiger partial charge < -0.3 is 13.4 Å². The molecule has 0 saturated heterocycles. The molecule has 190 valence electrons. The smallest absolute Gasteiger partial charge is 0.229 e. The van der Waals surface area contributed by atoms with E-state index in [2.05, 4.69) is 94.3 Å². The Balaban J connectivity index is 1.38. The molecular formula is C37H20N2O2. The molecule has 9 aromatic rings. The standard InChI is InChI=1S/C37H20N2O2/c1-38-29-19-18-23(22-17-20-34-28(21-22)26-11-4-7-16-33(26)40-34)35-27-12-8-15-32(36(27)41-37(29)35)39-30-13-5-2-9-24(30)25-10-3-6-14-31(25)39/h2-21H. The first-order chi connectivity index (χ1) is 20.3. The number of aromatic nitrogens is 1. The third kappa shape index (κ3) is 2.98. The Bertz CT molecular complexity index is 2500. The summed E-state index contributed by atoms with van der Waals surface area (Å²) < 4.78 is 15.0. The molecule has 0 aliphatic heterocycles. The fraction of sp³-hybridized carbons (Fsp3) is 0. The second-order valence-electron chi connectivity index (χ2n) is 10.4. The van der Waals surface area contributed by atoms with Crippen LogP contribution in [0.2, 0.25) is 0 Å². The molecule has 0 aliphatic rings. The molecule has 0 spiro atoms. The molecule has 0 fully saturated rings. The number of hydrogen-bond acceptors (Lipinski definition) is 2. The van der Waals surface area contributed by atoms with Crippen LogP contribution in [-0.2, 0) is 0 Å². The Hall–Kier alpha value is -5.79. The van der Waals surface area contributed by atoms with Gasteiger partial charge in [0.05, 0.1) is 23.3 Å². The van der Waals surface area contributed by atoms with Gasteiger partial charge in [0.1, 0.15) is 16.7 Å². The van der Waals surface area contributed by atoms with E-state index in [1.165, 1.54) is 10.8 Å². The molecule has 0 aliphatic carbocycles. The number of fused-ring (bicyclic) bond motifs is 9. The monoisotopic (exact) mass is 524 g/mol. The minimum absolute atomic E-state index is 0.503. The summed E-state index contributed by atoms with van der Waals surface area (Å²) in [6, 6.07) is 41.5. The van der Waals surface area contributed by atoms with E-state index < -0.39 is 0 Å². The van der Waals surface area contributed by atoms with Gasteiger partial charge in [0.25, 0.3) is 0 Å². The van der Waals surface area contributed by atoms with Gasteiger partial charge >= 0.3 is 0 Å². The van der Waals surface area contributed by atoms with Gasteiger partial charge in [-0.2, -0.15) is 0 Å². The Labute approximate surface area is 234 Å². The summed E-state index contributed by atoms with van der Waals surface area (Å²) >= 11 is 0. The summed E-state index contributed by atoms with van der Waals surface area (Å²) in [5.74, 6) is 0. The Morgan fingerprint density at radius 3 is 2.00 bits per heavy atom. The van der Waals surface area contributed by atoms with E-state index in [9.17, 15) is 0 Å². The van der Waals surface area contributed by atoms with Crippen LogP contribution in [0.1, 0.15) is 0 Å². The number of furan rings is 2. The van der Waals surface area contributed by atoms with Crippen molar-refractivity contribution < 1.29 is 8.83 Å². The molecule has 3 heterocycles. The normalized spacial score (nSPS) is 11.9. The van der Waals surface area contributed by atoms with E-state index in [0.29, 0.717) is 11.3 Å². The van der Waals surface area contributed by atoms with Crippen LogP contribution in [0.3, 0.4) is 0 Å². The number of nitrogens with zero attached hydrogens (tertiary/aromatic N) is 2. The first-order valence-electron chi connectivity index (χ1n) is 13.6. The molecule has 0 unspecified atom stereocenters. The van der Waals surface area contributed by atoms with Gasteiger partial charge in [0.15, 0.2) is 5.58 Å². The molecule has 0 bridgehead atoms. The summed E-state index contributed by atoms with van der Waals surface area (Å²) in [5, 5.41) is 6.47. The molecule has 0 atom stereocenters. The Kier molecular flexibility index (Phi) is 4.37. The topological polar surface area (TPSA) is 35.6 Å². The number of benzene rings is 6. The van der Waals surface area contributed by atoms with Gasteiger partial charge in [0.2, 0.25) is 5.69 Å². The molecule has 0 amide bonds. The minimum Gasteiger partial charge on any atom is -0.465 e. The van der Waals surface area contributed by atoms with E-state index in [0.717, 1.165) is 66.1 Å². The zero-order valence-corrected chi connectivity index (χ0v) is 21.8. The van der Waals surface area contributed by atoms with Gasteiger partial charge in [-0.3, -0.25) is 0 Å². The summed E-state index contributed by atoms with van der Waals surface area (Å²) in [4.78, 5) is 3.84. The van der Waals surface area contributed by atoms with Crippen LogP contribution >= 0.6 is 0 Å². The van der Waals surface area contributed by atoms with Crippen LogP contribution in [0.15, 0.2) is 130 Å². The van der Waals surface area contributed by atoms with Crippen LogP contribution in [0.5, 0.6) is 0 Å². The lowest BCUT2D eigenvalue weighted by atomic mass is 9.97. The van der Waals surface area contributed by atoms with E-state index >= 15 is 0 Å². The fourth-order valence-corrected chi connectivity index (χ4v) is 6.45. The van der Waals surface area contributed by atoms with E-state index in [4.69, 9.17) is 15.4 Å². The molecule has 0 radical (unpaired) electrons. The van der Waals surface area contributed by atoms with Gasteiger partial charge in [-0.1, -0.05) is 84.9 Å². The van der Waals surface area contributed by atoms with Crippen molar-refractivity contribution in [3.05, 3.63) is 133 Å². The maximum Gasteiger partial charge on any atom is 0.229 e. The molecular weight excluding hydrogens is 504 g/mol. The van der Waals surface area contributed by atoms with Crippen molar-refractivity contribution >= 4 is 71.4 Å². The molecule has 9 rings (SSSR count). The highest BCUT2D eigenvalue weighted by atomic mass is 16.3. The predicted octanol–water partition coefficient (Wildman–Crippen LogP) is 10.8. The third-order valence-corrected chi connectivity index (χ3v) is 8.23. The average molecular weight is 525 g/mol. The highest BCUT2D eigenvalue weighted by Gasteiger charge is 2.21. The summed E-state index contributed by atoms with van der Waals surface area (Å²) in [5.41, 5.74) is 8.87. The molecule has 6 aromatic carbocycles. The van der Waals surface area contributed by atoms with Crippen molar-refractivity contribution in [3.63, 3.8) is 0 Å². The third-order valence-electron chi connectivity index (χ3n) is 8.23. The molecule has 0 saturated carbocycles. The highest BCUT2D eigenvalue weighted by Crippen LogP contribution is 2.45. The summed E-state index contributed by atoms with van der Waals surface area (Å²) in [6.07, 6.45) is 0. The van der Waals surface area contributed by atoms with Gasteiger partial charge in [-0.15, -0.1) is 0 Å². The van der Waals surface area contributed by atoms with Crippen LogP contribution in [0.25, 0.3) is 87.3 Å². The number of hydrogen-bond donors (Lipinski definition) is 0. The van der Waals surface area contributed by atoms with Gasteiger partial charge in [-0.25, -0.2) is 4.85 Å². The molecule has 41 heavy (non-hydrogen) atoms. The van der Waals surface area contributed by atoms with Crippen molar-refractivity contribution in [2.75, 3.05) is 0 Å². The largest absolute Gasteiger partial charge is 0.465 e. The fourth-order valence-electron chi connectivity index (χ4n) is 6.45. The highest BCUT2D eigenvalue weighted by molar-refractivity contribution is 6.19. The lowest BCUT2D eigenvalue weighted by molar-refractivity contribution is 0.668. The van der Waals surface area contributed by atoms with E-state index in [1.807, 2.05) is 36.4 Å². The lowest BCUT2D eigenvalue weighted by Gasteiger charge is -2.08. The van der Waals surface area contributed by atoms with Crippen molar-refractivity contribution in [1.29, 1.82) is 0 Å². The maximum absolute atomic E-state index is 7.91. The maximum atomic E-state index is 7.91. The van der Waals surface area contributed by atoms with Crippen molar-refractivity contribution in [2.24, 2.45) is 0 Å². The SMILES string of the molecule is [C-]#[N+]c1ccc(-c2ccc3oc4ccccc4c3c2)c2c1oc1c(-n3c4ccccc4c4ccccc43)cccc12.